The van der Waals surface area contributed by atoms with Crippen molar-refractivity contribution in [1.29, 1.82) is 0 Å². The first-order chi connectivity index (χ1) is 14.2. The van der Waals surface area contributed by atoms with Gasteiger partial charge in [0.1, 0.15) is 0 Å². The molecule has 1 aromatic carbocycles. The number of hydrogen-bond acceptors (Lipinski definition) is 4. The highest BCUT2D eigenvalue weighted by molar-refractivity contribution is 5.94. The lowest BCUT2D eigenvalue weighted by molar-refractivity contribution is -0.0675. The topological polar surface area (TPSA) is 51.7 Å². The minimum absolute atomic E-state index is 0.0856. The lowest BCUT2D eigenvalue weighted by atomic mass is 9.78. The van der Waals surface area contributed by atoms with E-state index in [2.05, 4.69) is 4.98 Å². The van der Waals surface area contributed by atoms with Gasteiger partial charge in [0.2, 0.25) is 0 Å². The SMILES string of the molecule is Cc1cccc(C(=O)N2CCC3(CC2)OCCC3CCOCc2ccccn2)c1. The minimum Gasteiger partial charge on any atom is -0.375 e. The number of rotatable bonds is 6. The number of benzene rings is 1. The Morgan fingerprint density at radius 2 is 2.10 bits per heavy atom. The molecule has 5 nitrogen and oxygen atoms in total. The van der Waals surface area contributed by atoms with Crippen LogP contribution in [0.3, 0.4) is 0 Å². The molecule has 1 unspecified atom stereocenters. The molecule has 0 bridgehead atoms. The molecular weight excluding hydrogens is 364 g/mol. The second-order valence-corrected chi connectivity index (χ2v) is 8.22. The van der Waals surface area contributed by atoms with Crippen LogP contribution in [0.2, 0.25) is 0 Å². The van der Waals surface area contributed by atoms with Crippen molar-refractivity contribution >= 4 is 5.91 Å². The van der Waals surface area contributed by atoms with Gasteiger partial charge in [-0.15, -0.1) is 0 Å². The summed E-state index contributed by atoms with van der Waals surface area (Å²) in [7, 11) is 0. The number of hydrogen-bond donors (Lipinski definition) is 0. The highest BCUT2D eigenvalue weighted by Crippen LogP contribution is 2.42. The van der Waals surface area contributed by atoms with Crippen LogP contribution in [0.4, 0.5) is 0 Å². The number of carbonyl (C=O) groups is 1. The van der Waals surface area contributed by atoms with E-state index in [1.54, 1.807) is 6.20 Å². The molecule has 1 atom stereocenters. The molecular formula is C24H30N2O3. The Hall–Kier alpha value is -2.24. The van der Waals surface area contributed by atoms with E-state index < -0.39 is 0 Å². The molecule has 1 aromatic heterocycles. The highest BCUT2D eigenvalue weighted by Gasteiger charge is 2.46. The van der Waals surface area contributed by atoms with E-state index in [4.69, 9.17) is 9.47 Å². The summed E-state index contributed by atoms with van der Waals surface area (Å²) in [5.41, 5.74) is 2.78. The summed E-state index contributed by atoms with van der Waals surface area (Å²) in [6, 6.07) is 13.7. The molecule has 2 fully saturated rings. The fourth-order valence-corrected chi connectivity index (χ4v) is 4.68. The van der Waals surface area contributed by atoms with E-state index in [0.29, 0.717) is 12.5 Å². The van der Waals surface area contributed by atoms with Crippen LogP contribution in [0, 0.1) is 12.8 Å². The van der Waals surface area contributed by atoms with Gasteiger partial charge >= 0.3 is 0 Å². The van der Waals surface area contributed by atoms with Gasteiger partial charge in [0.25, 0.3) is 5.91 Å². The third kappa shape index (κ3) is 4.68. The van der Waals surface area contributed by atoms with Crippen LogP contribution in [0.25, 0.3) is 0 Å². The summed E-state index contributed by atoms with van der Waals surface area (Å²) in [4.78, 5) is 19.1. The number of amides is 1. The number of nitrogens with zero attached hydrogens (tertiary/aromatic N) is 2. The molecule has 2 aliphatic heterocycles. The number of piperidine rings is 1. The Labute approximate surface area is 173 Å². The highest BCUT2D eigenvalue weighted by atomic mass is 16.5. The number of aryl methyl sites for hydroxylation is 1. The number of ether oxygens (including phenoxy) is 2. The Morgan fingerprint density at radius 1 is 1.24 bits per heavy atom. The van der Waals surface area contributed by atoms with Crippen LogP contribution < -0.4 is 0 Å². The van der Waals surface area contributed by atoms with Crippen molar-refractivity contribution in [1.82, 2.24) is 9.88 Å². The summed E-state index contributed by atoms with van der Waals surface area (Å²) < 4.78 is 12.1. The summed E-state index contributed by atoms with van der Waals surface area (Å²) in [6.07, 6.45) is 5.70. The molecule has 4 rings (SSSR count). The van der Waals surface area contributed by atoms with E-state index >= 15 is 0 Å². The largest absolute Gasteiger partial charge is 0.375 e. The second-order valence-electron chi connectivity index (χ2n) is 8.22. The molecule has 2 aliphatic rings. The zero-order chi connectivity index (χ0) is 20.1. The zero-order valence-corrected chi connectivity index (χ0v) is 17.2. The van der Waals surface area contributed by atoms with Crippen LogP contribution >= 0.6 is 0 Å². The molecule has 0 radical (unpaired) electrons. The van der Waals surface area contributed by atoms with Gasteiger partial charge in [-0.3, -0.25) is 9.78 Å². The molecule has 0 N–H and O–H groups in total. The Kier molecular flexibility index (Phi) is 6.26. The first kappa shape index (κ1) is 20.0. The van der Waals surface area contributed by atoms with Crippen LogP contribution in [0.5, 0.6) is 0 Å². The van der Waals surface area contributed by atoms with Crippen molar-refractivity contribution in [2.45, 2.75) is 44.8 Å². The lowest BCUT2D eigenvalue weighted by Crippen LogP contribution is -2.49. The Balaban J connectivity index is 1.28. The van der Waals surface area contributed by atoms with Gasteiger partial charge < -0.3 is 14.4 Å². The monoisotopic (exact) mass is 394 g/mol. The van der Waals surface area contributed by atoms with Crippen molar-refractivity contribution in [3.63, 3.8) is 0 Å². The van der Waals surface area contributed by atoms with Crippen molar-refractivity contribution in [3.8, 4) is 0 Å². The molecule has 3 heterocycles. The van der Waals surface area contributed by atoms with Crippen LogP contribution in [-0.4, -0.2) is 47.7 Å². The maximum Gasteiger partial charge on any atom is 0.253 e. The lowest BCUT2D eigenvalue weighted by Gasteiger charge is -2.42. The maximum atomic E-state index is 12.8. The summed E-state index contributed by atoms with van der Waals surface area (Å²) in [5.74, 6) is 0.638. The third-order valence-electron chi connectivity index (χ3n) is 6.35. The second kappa shape index (κ2) is 9.06. The average Bonchev–Trinajstić information content (AvgIpc) is 3.14. The first-order valence-electron chi connectivity index (χ1n) is 10.6. The fraction of sp³-hybridized carbons (Fsp3) is 0.500. The van der Waals surface area contributed by atoms with Crippen LogP contribution in [0.15, 0.2) is 48.7 Å². The van der Waals surface area contributed by atoms with Crippen LogP contribution in [-0.2, 0) is 16.1 Å². The van der Waals surface area contributed by atoms with Crippen molar-refractivity contribution in [2.75, 3.05) is 26.3 Å². The molecule has 2 aromatic rings. The average molecular weight is 395 g/mol. The van der Waals surface area contributed by atoms with E-state index in [0.717, 1.165) is 68.8 Å². The standard InChI is InChI=1S/C24H30N2O3/c1-19-5-4-6-20(17-19)23(27)26-13-10-24(11-14-26)21(9-16-29-24)8-15-28-18-22-7-2-3-12-25-22/h2-7,12,17,21H,8-11,13-16,18H2,1H3. The number of likely N-dealkylation sites (tertiary alicyclic amines) is 1. The molecule has 2 saturated heterocycles. The zero-order valence-electron chi connectivity index (χ0n) is 17.2. The van der Waals surface area contributed by atoms with Crippen molar-refractivity contribution < 1.29 is 14.3 Å². The van der Waals surface area contributed by atoms with Gasteiger partial charge in [-0.2, -0.15) is 0 Å². The molecule has 1 spiro atoms. The predicted octanol–water partition coefficient (Wildman–Crippen LogP) is 4.01. The first-order valence-corrected chi connectivity index (χ1v) is 10.6. The molecule has 1 amide bonds. The van der Waals surface area contributed by atoms with Crippen molar-refractivity contribution in [2.24, 2.45) is 5.92 Å². The summed E-state index contributed by atoms with van der Waals surface area (Å²) >= 11 is 0. The summed E-state index contributed by atoms with van der Waals surface area (Å²) in [5, 5.41) is 0. The number of carbonyl (C=O) groups excluding carboxylic acids is 1. The van der Waals surface area contributed by atoms with Gasteiger partial charge in [0.15, 0.2) is 0 Å². The van der Waals surface area contributed by atoms with E-state index in [9.17, 15) is 4.79 Å². The normalized spacial score (nSPS) is 20.9. The molecule has 5 heteroatoms. The Morgan fingerprint density at radius 3 is 2.86 bits per heavy atom. The summed E-state index contributed by atoms with van der Waals surface area (Å²) in [6.45, 7) is 5.64. The van der Waals surface area contributed by atoms with Gasteiger partial charge in [-0.1, -0.05) is 23.8 Å². The molecule has 0 saturated carbocycles. The molecule has 154 valence electrons. The predicted molar refractivity (Wildman–Crippen MR) is 112 cm³/mol. The van der Waals surface area contributed by atoms with E-state index in [1.807, 2.05) is 54.3 Å². The smallest absolute Gasteiger partial charge is 0.253 e. The van der Waals surface area contributed by atoms with Gasteiger partial charge in [-0.05, 0) is 62.8 Å². The fourth-order valence-electron chi connectivity index (χ4n) is 4.68. The van der Waals surface area contributed by atoms with Crippen molar-refractivity contribution in [3.05, 3.63) is 65.5 Å². The molecule has 0 aliphatic carbocycles. The van der Waals surface area contributed by atoms with E-state index in [1.165, 1.54) is 0 Å². The molecule has 29 heavy (non-hydrogen) atoms. The van der Waals surface area contributed by atoms with E-state index in [-0.39, 0.29) is 11.5 Å². The minimum atomic E-state index is -0.0856. The number of pyridine rings is 1. The van der Waals surface area contributed by atoms with Gasteiger partial charge in [0, 0.05) is 38.1 Å². The third-order valence-corrected chi connectivity index (χ3v) is 6.35. The Bertz CT molecular complexity index is 816. The maximum absolute atomic E-state index is 12.8. The van der Waals surface area contributed by atoms with Gasteiger partial charge in [0.05, 0.1) is 17.9 Å². The quantitative estimate of drug-likeness (QED) is 0.695. The van der Waals surface area contributed by atoms with Gasteiger partial charge in [-0.25, -0.2) is 0 Å². The van der Waals surface area contributed by atoms with Crippen LogP contribution in [0.1, 0.15) is 47.3 Å². The number of aromatic nitrogens is 1.